The number of esters is 2. The molecule has 2 aromatic rings. The van der Waals surface area contributed by atoms with Gasteiger partial charge in [0.15, 0.2) is 6.10 Å². The van der Waals surface area contributed by atoms with Crippen molar-refractivity contribution < 1.29 is 33.6 Å². The maximum atomic E-state index is 12.9. The Morgan fingerprint density at radius 2 is 1.56 bits per heavy atom. The van der Waals surface area contributed by atoms with E-state index in [-0.39, 0.29) is 11.3 Å². The molecule has 3 atom stereocenters. The Bertz CT molecular complexity index is 1050. The highest BCUT2D eigenvalue weighted by Crippen LogP contribution is 2.52. The third-order valence-corrected chi connectivity index (χ3v) is 5.47. The molecule has 3 rings (SSSR count). The van der Waals surface area contributed by atoms with Gasteiger partial charge in [0.05, 0.1) is 19.1 Å². The Labute approximate surface area is 182 Å². The number of benzene rings is 2. The summed E-state index contributed by atoms with van der Waals surface area (Å²) in [6.45, 7) is 1.82. The van der Waals surface area contributed by atoms with Gasteiger partial charge in [0.25, 0.3) is 17.3 Å². The summed E-state index contributed by atoms with van der Waals surface area (Å²) >= 11 is 0. The number of hydrogen-bond donors (Lipinski definition) is 0. The zero-order valence-corrected chi connectivity index (χ0v) is 17.4. The Kier molecular flexibility index (Phi) is 6.21. The van der Waals surface area contributed by atoms with Gasteiger partial charge in [-0.25, -0.2) is 9.59 Å². The van der Waals surface area contributed by atoms with E-state index >= 15 is 0 Å². The van der Waals surface area contributed by atoms with Crippen LogP contribution in [0.3, 0.4) is 0 Å². The summed E-state index contributed by atoms with van der Waals surface area (Å²) in [6, 6.07) is 9.86. The van der Waals surface area contributed by atoms with E-state index in [0.717, 1.165) is 25.8 Å². The van der Waals surface area contributed by atoms with Gasteiger partial charge in [-0.3, -0.25) is 20.2 Å². The molecule has 1 aliphatic heterocycles. The number of methoxy groups -OCH3 is 2. The molecule has 1 aliphatic rings. The minimum Gasteiger partial charge on any atom is -0.466 e. The lowest BCUT2D eigenvalue weighted by Gasteiger charge is -2.28. The summed E-state index contributed by atoms with van der Waals surface area (Å²) in [4.78, 5) is 48.1. The molecule has 0 radical (unpaired) electrons. The third-order valence-electron chi connectivity index (χ3n) is 5.47. The van der Waals surface area contributed by atoms with Crippen molar-refractivity contribution in [2.24, 2.45) is 0 Å². The fourth-order valence-corrected chi connectivity index (χ4v) is 4.01. The molecule has 0 aromatic heterocycles. The average Bonchev–Trinajstić information content (AvgIpc) is 3.16. The molecule has 32 heavy (non-hydrogen) atoms. The average molecular weight is 444 g/mol. The van der Waals surface area contributed by atoms with Crippen molar-refractivity contribution in [3.05, 3.63) is 85.4 Å². The molecule has 1 heterocycles. The zero-order valence-electron chi connectivity index (χ0n) is 17.4. The monoisotopic (exact) mass is 444 g/mol. The van der Waals surface area contributed by atoms with Gasteiger partial charge in [0, 0.05) is 17.1 Å². The van der Waals surface area contributed by atoms with Crippen LogP contribution in [0, 0.1) is 27.2 Å². The molecule has 1 fully saturated rings. The van der Waals surface area contributed by atoms with E-state index in [9.17, 15) is 29.8 Å². The van der Waals surface area contributed by atoms with E-state index in [2.05, 4.69) is 0 Å². The van der Waals surface area contributed by atoms with Gasteiger partial charge < -0.3 is 14.2 Å². The summed E-state index contributed by atoms with van der Waals surface area (Å²) in [5, 5.41) is 23.6. The van der Waals surface area contributed by atoms with Gasteiger partial charge >= 0.3 is 11.9 Å². The van der Waals surface area contributed by atoms with Crippen LogP contribution in [0.1, 0.15) is 28.7 Å². The van der Waals surface area contributed by atoms with Crippen LogP contribution < -0.4 is 0 Å². The van der Waals surface area contributed by atoms with Crippen molar-refractivity contribution >= 4 is 17.6 Å². The molecule has 0 N–H and O–H groups in total. The van der Waals surface area contributed by atoms with E-state index in [0.29, 0.717) is 5.56 Å². The standard InChI is InChI=1S/C21H20N2O9/c1-12-7-9-13(10-8-12)18-17(23(28)29)16(14-5-4-6-15(11-14)22(26)27)21(32-18,19(24)30-2)20(25)31-3/h4-11,16-18H,1-3H3/t16-,17-,18-/m1/s1. The van der Waals surface area contributed by atoms with Crippen molar-refractivity contribution in [2.75, 3.05) is 14.2 Å². The summed E-state index contributed by atoms with van der Waals surface area (Å²) in [7, 11) is 2.00. The van der Waals surface area contributed by atoms with Crippen molar-refractivity contribution in [3.63, 3.8) is 0 Å². The number of hydrogen-bond acceptors (Lipinski definition) is 9. The summed E-state index contributed by atoms with van der Waals surface area (Å²) < 4.78 is 15.5. The van der Waals surface area contributed by atoms with Gasteiger partial charge in [-0.1, -0.05) is 42.0 Å². The molecule has 11 heteroatoms. The van der Waals surface area contributed by atoms with Crippen LogP contribution in [0.25, 0.3) is 0 Å². The van der Waals surface area contributed by atoms with Gasteiger partial charge in [-0.2, -0.15) is 0 Å². The van der Waals surface area contributed by atoms with Crippen molar-refractivity contribution in [1.29, 1.82) is 0 Å². The highest BCUT2D eigenvalue weighted by atomic mass is 16.7. The smallest absolute Gasteiger partial charge is 0.351 e. The third kappa shape index (κ3) is 3.66. The van der Waals surface area contributed by atoms with Crippen LogP contribution in [0.5, 0.6) is 0 Å². The summed E-state index contributed by atoms with van der Waals surface area (Å²) in [6.07, 6.45) is -1.34. The molecule has 2 aromatic carbocycles. The molecule has 0 saturated carbocycles. The van der Waals surface area contributed by atoms with Crippen LogP contribution >= 0.6 is 0 Å². The lowest BCUT2D eigenvalue weighted by Crippen LogP contribution is -2.53. The quantitative estimate of drug-likeness (QED) is 0.283. The van der Waals surface area contributed by atoms with E-state index in [1.54, 1.807) is 24.3 Å². The van der Waals surface area contributed by atoms with Crippen molar-refractivity contribution in [1.82, 2.24) is 0 Å². The van der Waals surface area contributed by atoms with E-state index < -0.39 is 45.4 Å². The van der Waals surface area contributed by atoms with Gasteiger partial charge in [-0.05, 0) is 18.1 Å². The van der Waals surface area contributed by atoms with Crippen LogP contribution in [-0.2, 0) is 23.8 Å². The Hall–Kier alpha value is -3.86. The SMILES string of the molecule is COC(=O)C1(C(=O)OC)O[C@H](c2ccc(C)cc2)[C@H]([N+](=O)[O-])[C@H]1c1cccc([N+](=O)[O-])c1. The van der Waals surface area contributed by atoms with Gasteiger partial charge in [0.2, 0.25) is 0 Å². The lowest BCUT2D eigenvalue weighted by atomic mass is 9.77. The fraction of sp³-hybridized carbons (Fsp3) is 0.333. The van der Waals surface area contributed by atoms with E-state index in [1.807, 2.05) is 6.92 Å². The van der Waals surface area contributed by atoms with Crippen LogP contribution in [-0.4, -0.2) is 47.6 Å². The highest BCUT2D eigenvalue weighted by Gasteiger charge is 2.71. The first-order chi connectivity index (χ1) is 15.2. The Balaban J connectivity index is 2.31. The second-order valence-corrected chi connectivity index (χ2v) is 7.27. The van der Waals surface area contributed by atoms with Crippen molar-refractivity contribution in [2.45, 2.75) is 30.6 Å². The topological polar surface area (TPSA) is 148 Å². The molecule has 11 nitrogen and oxygen atoms in total. The van der Waals surface area contributed by atoms with Gasteiger partial charge in [-0.15, -0.1) is 0 Å². The number of carbonyl (C=O) groups excluding carboxylic acids is 2. The second kappa shape index (κ2) is 8.71. The molecular weight excluding hydrogens is 424 g/mol. The second-order valence-electron chi connectivity index (χ2n) is 7.27. The highest BCUT2D eigenvalue weighted by molar-refractivity contribution is 6.05. The number of non-ortho nitro benzene ring substituents is 1. The van der Waals surface area contributed by atoms with E-state index in [1.165, 1.54) is 18.2 Å². The summed E-state index contributed by atoms with van der Waals surface area (Å²) in [5.74, 6) is -3.98. The maximum absolute atomic E-state index is 12.9. The molecule has 0 spiro atoms. The molecular formula is C21H20N2O9. The van der Waals surface area contributed by atoms with Crippen LogP contribution in [0.15, 0.2) is 48.5 Å². The lowest BCUT2D eigenvalue weighted by molar-refractivity contribution is -0.531. The molecule has 0 amide bonds. The first-order valence-electron chi connectivity index (χ1n) is 9.46. The van der Waals surface area contributed by atoms with E-state index in [4.69, 9.17) is 14.2 Å². The predicted molar refractivity (Wildman–Crippen MR) is 108 cm³/mol. The number of aryl methyl sites for hydroxylation is 1. The molecule has 168 valence electrons. The zero-order chi connectivity index (χ0) is 23.6. The fourth-order valence-electron chi connectivity index (χ4n) is 4.01. The number of ether oxygens (including phenoxy) is 3. The largest absolute Gasteiger partial charge is 0.466 e. The first-order valence-corrected chi connectivity index (χ1v) is 9.46. The normalized spacial score (nSPS) is 21.5. The predicted octanol–water partition coefficient (Wildman–Crippen LogP) is 2.49. The van der Waals surface area contributed by atoms with Gasteiger partial charge in [0.1, 0.15) is 5.92 Å². The number of rotatable bonds is 6. The number of nitro benzene ring substituents is 1. The maximum Gasteiger partial charge on any atom is 0.351 e. The molecule has 0 bridgehead atoms. The minimum atomic E-state index is -2.55. The van der Waals surface area contributed by atoms with Crippen molar-refractivity contribution in [3.8, 4) is 0 Å². The molecule has 1 saturated heterocycles. The Morgan fingerprint density at radius 3 is 2.06 bits per heavy atom. The number of nitrogens with zero attached hydrogens (tertiary/aromatic N) is 2. The molecule has 0 unspecified atom stereocenters. The number of nitro groups is 2. The first kappa shape index (κ1) is 22.8. The summed E-state index contributed by atoms with van der Waals surface area (Å²) in [5.41, 5.74) is -1.70. The van der Waals surface area contributed by atoms with Crippen LogP contribution in [0.2, 0.25) is 0 Å². The van der Waals surface area contributed by atoms with Crippen LogP contribution in [0.4, 0.5) is 5.69 Å². The number of carbonyl (C=O) groups is 2. The Morgan fingerprint density at radius 1 is 0.969 bits per heavy atom. The minimum absolute atomic E-state index is 0.00804. The molecule has 0 aliphatic carbocycles.